The summed E-state index contributed by atoms with van der Waals surface area (Å²) in [6.45, 7) is 8.18. The monoisotopic (exact) mass is 484 g/mol. The van der Waals surface area contributed by atoms with Gasteiger partial charge >= 0.3 is 0 Å². The van der Waals surface area contributed by atoms with Gasteiger partial charge in [-0.2, -0.15) is 0 Å². The molecule has 0 saturated heterocycles. The molecule has 0 heterocycles. The minimum absolute atomic E-state index is 0. The van der Waals surface area contributed by atoms with E-state index < -0.39 is 6.10 Å². The number of halogens is 2. The van der Waals surface area contributed by atoms with Gasteiger partial charge in [-0.25, -0.2) is 0 Å². The van der Waals surface area contributed by atoms with Gasteiger partial charge in [0.1, 0.15) is 5.75 Å². The lowest BCUT2D eigenvalue weighted by Gasteiger charge is -2.22. The number of aliphatic hydroxyl groups is 1. The van der Waals surface area contributed by atoms with Crippen molar-refractivity contribution < 1.29 is 14.6 Å². The largest absolute Gasteiger partial charge is 0.483 e. The van der Waals surface area contributed by atoms with Crippen LogP contribution in [0.5, 0.6) is 5.75 Å². The lowest BCUT2D eigenvalue weighted by atomic mass is 10.0. The van der Waals surface area contributed by atoms with E-state index in [2.05, 4.69) is 26.6 Å². The lowest BCUT2D eigenvalue weighted by Crippen LogP contribution is -2.43. The average molecular weight is 486 g/mol. The van der Waals surface area contributed by atoms with Crippen LogP contribution in [0.1, 0.15) is 44.9 Å². The van der Waals surface area contributed by atoms with Crippen LogP contribution in [0.2, 0.25) is 0 Å². The Morgan fingerprint density at radius 2 is 1.83 bits per heavy atom. The zero-order valence-corrected chi connectivity index (χ0v) is 19.6. The first-order valence-electron chi connectivity index (χ1n) is 9.34. The highest BCUT2D eigenvalue weighted by Gasteiger charge is 2.17. The summed E-state index contributed by atoms with van der Waals surface area (Å²) in [5, 5.41) is 16.7. The van der Waals surface area contributed by atoms with E-state index in [0.717, 1.165) is 15.6 Å². The van der Waals surface area contributed by atoms with Gasteiger partial charge in [-0.05, 0) is 51.5 Å². The number of amides is 1. The van der Waals surface area contributed by atoms with E-state index in [4.69, 9.17) is 4.74 Å². The van der Waals surface area contributed by atoms with Crippen LogP contribution in [-0.2, 0) is 11.3 Å². The second kappa shape index (κ2) is 11.6. The fraction of sp³-hybridized carbons (Fsp3) is 0.409. The standard InChI is InChI=1S/C22H29BrN2O3.ClH/c1-15(21(27)16-8-6-5-7-9-16)24-13-17-12-18(23)10-11-19(17)28-14-20(26)25-22(2,3)4;/h5-12,15,21,24,27H,13-14H2,1-4H3,(H,25,26);1H. The summed E-state index contributed by atoms with van der Waals surface area (Å²) in [6.07, 6.45) is -0.615. The second-order valence-electron chi connectivity index (χ2n) is 7.86. The molecule has 0 radical (unpaired) electrons. The van der Waals surface area contributed by atoms with Crippen molar-refractivity contribution in [3.8, 4) is 5.75 Å². The molecule has 3 N–H and O–H groups in total. The number of hydrogen-bond acceptors (Lipinski definition) is 4. The van der Waals surface area contributed by atoms with E-state index >= 15 is 0 Å². The number of rotatable bonds is 8. The van der Waals surface area contributed by atoms with E-state index in [1.54, 1.807) is 0 Å². The molecule has 2 aromatic rings. The molecule has 0 fully saturated rings. The number of carbonyl (C=O) groups excluding carboxylic acids is 1. The quantitative estimate of drug-likeness (QED) is 0.519. The third kappa shape index (κ3) is 8.74. The molecule has 1 amide bonds. The van der Waals surface area contributed by atoms with Gasteiger partial charge in [-0.15, -0.1) is 12.4 Å². The van der Waals surface area contributed by atoms with Gasteiger partial charge in [-0.3, -0.25) is 4.79 Å². The summed E-state index contributed by atoms with van der Waals surface area (Å²) in [5.74, 6) is 0.475. The Labute approximate surface area is 187 Å². The summed E-state index contributed by atoms with van der Waals surface area (Å²) in [4.78, 5) is 12.0. The lowest BCUT2D eigenvalue weighted by molar-refractivity contribution is -0.124. The topological polar surface area (TPSA) is 70.6 Å². The molecular weight excluding hydrogens is 456 g/mol. The molecule has 2 atom stereocenters. The van der Waals surface area contributed by atoms with Crippen LogP contribution in [-0.4, -0.2) is 29.2 Å². The summed E-state index contributed by atoms with van der Waals surface area (Å²) in [6, 6.07) is 15.1. The van der Waals surface area contributed by atoms with Crippen LogP contribution in [0, 0.1) is 0 Å². The van der Waals surface area contributed by atoms with Crippen LogP contribution in [0.15, 0.2) is 53.0 Å². The van der Waals surface area contributed by atoms with Crippen molar-refractivity contribution in [1.29, 1.82) is 0 Å². The first-order valence-corrected chi connectivity index (χ1v) is 10.1. The van der Waals surface area contributed by atoms with E-state index in [1.165, 1.54) is 0 Å². The predicted molar refractivity (Wildman–Crippen MR) is 122 cm³/mol. The van der Waals surface area contributed by atoms with Gasteiger partial charge in [0.25, 0.3) is 5.91 Å². The molecule has 29 heavy (non-hydrogen) atoms. The maximum atomic E-state index is 12.0. The third-order valence-electron chi connectivity index (χ3n) is 4.12. The fourth-order valence-electron chi connectivity index (χ4n) is 2.75. The molecule has 0 aliphatic carbocycles. The maximum Gasteiger partial charge on any atom is 0.258 e. The normalized spacial score (nSPS) is 13.2. The average Bonchev–Trinajstić information content (AvgIpc) is 2.64. The van der Waals surface area contributed by atoms with Gasteiger partial charge in [0, 0.05) is 28.2 Å². The Morgan fingerprint density at radius 3 is 2.45 bits per heavy atom. The van der Waals surface area contributed by atoms with E-state index in [0.29, 0.717) is 12.3 Å². The van der Waals surface area contributed by atoms with Gasteiger partial charge in [0.05, 0.1) is 6.10 Å². The van der Waals surface area contributed by atoms with E-state index in [-0.39, 0.29) is 36.5 Å². The maximum absolute atomic E-state index is 12.0. The Hall–Kier alpha value is -1.60. The van der Waals surface area contributed by atoms with Crippen molar-refractivity contribution in [2.75, 3.05) is 6.61 Å². The van der Waals surface area contributed by atoms with Crippen LogP contribution in [0.25, 0.3) is 0 Å². The Balaban J connectivity index is 0.00000420. The zero-order chi connectivity index (χ0) is 20.7. The number of benzene rings is 2. The molecule has 160 valence electrons. The highest BCUT2D eigenvalue weighted by atomic mass is 79.9. The number of nitrogens with one attached hydrogen (secondary N) is 2. The smallest absolute Gasteiger partial charge is 0.258 e. The van der Waals surface area contributed by atoms with E-state index in [1.807, 2.05) is 76.2 Å². The second-order valence-corrected chi connectivity index (χ2v) is 8.78. The zero-order valence-electron chi connectivity index (χ0n) is 17.2. The summed E-state index contributed by atoms with van der Waals surface area (Å²) in [5.41, 5.74) is 1.48. The SMILES string of the molecule is CC(NCc1cc(Br)ccc1OCC(=O)NC(C)(C)C)C(O)c1ccccc1.Cl. The summed E-state index contributed by atoms with van der Waals surface area (Å²) >= 11 is 3.48. The first-order chi connectivity index (χ1) is 13.2. The molecule has 0 saturated carbocycles. The van der Waals surface area contributed by atoms with Crippen molar-refractivity contribution >= 4 is 34.2 Å². The Morgan fingerprint density at radius 1 is 1.17 bits per heavy atom. The third-order valence-corrected chi connectivity index (χ3v) is 4.62. The molecule has 0 bridgehead atoms. The Bertz CT molecular complexity index is 781. The van der Waals surface area contributed by atoms with Gasteiger partial charge in [0.15, 0.2) is 6.61 Å². The molecule has 7 heteroatoms. The van der Waals surface area contributed by atoms with Gasteiger partial charge in [0.2, 0.25) is 0 Å². The van der Waals surface area contributed by atoms with Crippen molar-refractivity contribution in [1.82, 2.24) is 10.6 Å². The molecule has 0 aliphatic rings. The van der Waals surface area contributed by atoms with Crippen LogP contribution < -0.4 is 15.4 Å². The van der Waals surface area contributed by atoms with Crippen LogP contribution in [0.4, 0.5) is 0 Å². The highest BCUT2D eigenvalue weighted by Crippen LogP contribution is 2.24. The molecule has 0 spiro atoms. The van der Waals surface area contributed by atoms with E-state index in [9.17, 15) is 9.90 Å². The number of ether oxygens (including phenoxy) is 1. The van der Waals surface area contributed by atoms with Crippen LogP contribution in [0.3, 0.4) is 0 Å². The van der Waals surface area contributed by atoms with Gasteiger partial charge < -0.3 is 20.5 Å². The fourth-order valence-corrected chi connectivity index (χ4v) is 3.15. The molecule has 5 nitrogen and oxygen atoms in total. The minimum Gasteiger partial charge on any atom is -0.483 e. The van der Waals surface area contributed by atoms with Gasteiger partial charge in [-0.1, -0.05) is 46.3 Å². The summed E-state index contributed by atoms with van der Waals surface area (Å²) < 4.78 is 6.67. The number of carbonyl (C=O) groups is 1. The molecule has 0 aliphatic heterocycles. The minimum atomic E-state index is -0.615. The van der Waals surface area contributed by atoms with Crippen molar-refractivity contribution in [3.63, 3.8) is 0 Å². The number of hydrogen-bond donors (Lipinski definition) is 3. The molecule has 0 aromatic heterocycles. The Kier molecular flexibility index (Phi) is 10.1. The first kappa shape index (κ1) is 25.4. The van der Waals surface area contributed by atoms with Crippen molar-refractivity contribution in [2.45, 2.75) is 51.9 Å². The molecular formula is C22H30BrClN2O3. The van der Waals surface area contributed by atoms with Crippen LogP contribution >= 0.6 is 28.3 Å². The van der Waals surface area contributed by atoms with Crippen molar-refractivity contribution in [2.24, 2.45) is 0 Å². The number of aliphatic hydroxyl groups excluding tert-OH is 1. The molecule has 2 unspecified atom stereocenters. The molecule has 2 rings (SSSR count). The predicted octanol–water partition coefficient (Wildman–Crippen LogP) is 4.38. The van der Waals surface area contributed by atoms with Crippen molar-refractivity contribution in [3.05, 3.63) is 64.1 Å². The summed E-state index contributed by atoms with van der Waals surface area (Å²) in [7, 11) is 0. The highest BCUT2D eigenvalue weighted by molar-refractivity contribution is 9.10. The molecule has 2 aromatic carbocycles.